The number of carbonyl (C=O) groups is 1. The first kappa shape index (κ1) is 16.6. The number of rotatable bonds is 4. The Hall–Kier alpha value is -2.78. The summed E-state index contributed by atoms with van der Waals surface area (Å²) in [5.41, 5.74) is 8.02. The van der Waals surface area contributed by atoms with Gasteiger partial charge < -0.3 is 19.9 Å². The zero-order valence-electron chi connectivity index (χ0n) is 13.3. The molecule has 0 amide bonds. The summed E-state index contributed by atoms with van der Waals surface area (Å²) in [7, 11) is 2.76. The number of allylic oxidation sites excluding steroid dienone is 1. The quantitative estimate of drug-likeness (QED) is 0.853. The van der Waals surface area contributed by atoms with Gasteiger partial charge in [0.25, 0.3) is 0 Å². The summed E-state index contributed by atoms with van der Waals surface area (Å²) in [5, 5.41) is 9.50. The van der Waals surface area contributed by atoms with Crippen LogP contribution in [0.5, 0.6) is 0 Å². The number of nitrogens with two attached hydrogens (primary N) is 1. The van der Waals surface area contributed by atoms with Gasteiger partial charge in [-0.3, -0.25) is 0 Å². The van der Waals surface area contributed by atoms with Crippen molar-refractivity contribution in [3.05, 3.63) is 58.2 Å². The smallest absolute Gasteiger partial charge is 0.338 e. The molecule has 1 atom stereocenters. The lowest BCUT2D eigenvalue weighted by molar-refractivity contribution is -0.136. The fourth-order valence-electron chi connectivity index (χ4n) is 2.61. The molecule has 0 bridgehead atoms. The molecule has 0 aromatic heterocycles. The third kappa shape index (κ3) is 3.05. The molecule has 1 aromatic rings. The molecule has 120 valence electrons. The highest BCUT2D eigenvalue weighted by molar-refractivity contribution is 5.92. The number of esters is 1. The maximum Gasteiger partial charge on any atom is 0.338 e. The third-order valence-corrected chi connectivity index (χ3v) is 3.68. The van der Waals surface area contributed by atoms with Crippen molar-refractivity contribution in [2.75, 3.05) is 20.8 Å². The first-order valence-corrected chi connectivity index (χ1v) is 6.98. The minimum atomic E-state index is -0.646. The van der Waals surface area contributed by atoms with Crippen LogP contribution in [0.4, 0.5) is 0 Å². The van der Waals surface area contributed by atoms with Crippen LogP contribution in [0.25, 0.3) is 0 Å². The number of nitriles is 1. The van der Waals surface area contributed by atoms with E-state index in [1.54, 1.807) is 0 Å². The number of carbonyl (C=O) groups excluding carboxylic acids is 1. The topological polar surface area (TPSA) is 94.6 Å². The van der Waals surface area contributed by atoms with Crippen molar-refractivity contribution in [2.45, 2.75) is 12.8 Å². The van der Waals surface area contributed by atoms with Gasteiger partial charge >= 0.3 is 5.97 Å². The van der Waals surface area contributed by atoms with Gasteiger partial charge in [-0.15, -0.1) is 0 Å². The van der Waals surface area contributed by atoms with Crippen LogP contribution in [-0.2, 0) is 19.0 Å². The Labute approximate surface area is 134 Å². The van der Waals surface area contributed by atoms with Crippen molar-refractivity contribution >= 4 is 5.97 Å². The maximum atomic E-state index is 12.3. The summed E-state index contributed by atoms with van der Waals surface area (Å²) in [6.07, 6.45) is 0. The van der Waals surface area contributed by atoms with Crippen molar-refractivity contribution in [3.8, 4) is 6.07 Å². The fraction of sp³-hybridized carbons (Fsp3) is 0.294. The van der Waals surface area contributed by atoms with Crippen molar-refractivity contribution < 1.29 is 19.0 Å². The van der Waals surface area contributed by atoms with Crippen LogP contribution in [0.2, 0.25) is 0 Å². The van der Waals surface area contributed by atoms with Crippen LogP contribution in [0, 0.1) is 18.3 Å². The lowest BCUT2D eigenvalue weighted by Gasteiger charge is -2.28. The molecule has 0 spiro atoms. The van der Waals surface area contributed by atoms with Gasteiger partial charge in [-0.05, 0) is 18.1 Å². The molecule has 0 saturated heterocycles. The Morgan fingerprint density at radius 2 is 2.09 bits per heavy atom. The largest absolute Gasteiger partial charge is 0.466 e. The molecule has 23 heavy (non-hydrogen) atoms. The summed E-state index contributed by atoms with van der Waals surface area (Å²) in [4.78, 5) is 12.3. The van der Waals surface area contributed by atoms with E-state index in [9.17, 15) is 10.1 Å². The summed E-state index contributed by atoms with van der Waals surface area (Å²) in [6.45, 7) is 1.95. The molecule has 2 rings (SSSR count). The fourth-order valence-corrected chi connectivity index (χ4v) is 2.61. The van der Waals surface area contributed by atoms with E-state index in [0.29, 0.717) is 0 Å². The van der Waals surface area contributed by atoms with Crippen LogP contribution >= 0.6 is 0 Å². The lowest BCUT2D eigenvalue weighted by atomic mass is 9.81. The predicted molar refractivity (Wildman–Crippen MR) is 82.7 cm³/mol. The van der Waals surface area contributed by atoms with Gasteiger partial charge in [0.1, 0.15) is 24.0 Å². The molecule has 0 fully saturated rings. The molecule has 0 radical (unpaired) electrons. The van der Waals surface area contributed by atoms with E-state index in [4.69, 9.17) is 19.9 Å². The van der Waals surface area contributed by atoms with Gasteiger partial charge in [0.15, 0.2) is 0 Å². The van der Waals surface area contributed by atoms with E-state index in [1.165, 1.54) is 14.2 Å². The van der Waals surface area contributed by atoms with Gasteiger partial charge in [0.05, 0.1) is 18.6 Å². The second-order valence-electron chi connectivity index (χ2n) is 5.04. The van der Waals surface area contributed by atoms with E-state index in [2.05, 4.69) is 0 Å². The molecule has 1 aliphatic heterocycles. The highest BCUT2D eigenvalue weighted by Gasteiger charge is 2.37. The zero-order chi connectivity index (χ0) is 17.0. The second kappa shape index (κ2) is 6.99. The first-order chi connectivity index (χ1) is 11.0. The SMILES string of the molecule is COCC1=C(C(=O)OC)[C@@H](c2ccccc2C)C(C#N)=C(N)O1. The van der Waals surface area contributed by atoms with E-state index < -0.39 is 11.9 Å². The van der Waals surface area contributed by atoms with Gasteiger partial charge in [0.2, 0.25) is 5.88 Å². The maximum absolute atomic E-state index is 12.3. The average molecular weight is 314 g/mol. The van der Waals surface area contributed by atoms with E-state index >= 15 is 0 Å². The predicted octanol–water partition coefficient (Wildman–Crippen LogP) is 1.88. The summed E-state index contributed by atoms with van der Waals surface area (Å²) in [5.74, 6) is -0.998. The Balaban J connectivity index is 2.72. The van der Waals surface area contributed by atoms with E-state index in [1.807, 2.05) is 37.3 Å². The van der Waals surface area contributed by atoms with Crippen LogP contribution in [0.15, 0.2) is 47.1 Å². The first-order valence-electron chi connectivity index (χ1n) is 6.98. The molecule has 0 aliphatic carbocycles. The number of ether oxygens (including phenoxy) is 3. The monoisotopic (exact) mass is 314 g/mol. The number of hydrogen-bond acceptors (Lipinski definition) is 6. The number of hydrogen-bond donors (Lipinski definition) is 1. The standard InChI is InChI=1S/C17H18N2O4/c1-10-6-4-5-7-11(10)14-12(8-18)16(19)23-13(9-21-2)15(14)17(20)22-3/h4-7,14H,9,19H2,1-3H3/t14-/m0/s1. The minimum absolute atomic E-state index is 0.0274. The highest BCUT2D eigenvalue weighted by Crippen LogP contribution is 2.40. The zero-order valence-corrected chi connectivity index (χ0v) is 13.3. The number of benzene rings is 1. The summed E-state index contributed by atoms with van der Waals surface area (Å²) in [6, 6.07) is 9.53. The summed E-state index contributed by atoms with van der Waals surface area (Å²) >= 11 is 0. The van der Waals surface area contributed by atoms with Gasteiger partial charge in [-0.1, -0.05) is 24.3 Å². The van der Waals surface area contributed by atoms with E-state index in [0.717, 1.165) is 11.1 Å². The molecule has 1 heterocycles. The van der Waals surface area contributed by atoms with Crippen LogP contribution in [0.3, 0.4) is 0 Å². The van der Waals surface area contributed by atoms with Gasteiger partial charge in [-0.25, -0.2) is 4.79 Å². The minimum Gasteiger partial charge on any atom is -0.466 e. The number of methoxy groups -OCH3 is 2. The molecule has 1 aliphatic rings. The molecular formula is C17H18N2O4. The number of aryl methyl sites for hydroxylation is 1. The molecule has 6 heteroatoms. The summed E-state index contributed by atoms with van der Waals surface area (Å²) < 4.78 is 15.4. The number of nitrogens with zero attached hydrogens (tertiary/aromatic N) is 1. The van der Waals surface area contributed by atoms with Crippen molar-refractivity contribution in [3.63, 3.8) is 0 Å². The molecule has 0 unspecified atom stereocenters. The van der Waals surface area contributed by atoms with Crippen LogP contribution in [0.1, 0.15) is 17.0 Å². The average Bonchev–Trinajstić information content (AvgIpc) is 2.54. The van der Waals surface area contributed by atoms with Crippen LogP contribution < -0.4 is 5.73 Å². The lowest BCUT2D eigenvalue weighted by Crippen LogP contribution is -2.27. The molecular weight excluding hydrogens is 296 g/mol. The second-order valence-corrected chi connectivity index (χ2v) is 5.04. The van der Waals surface area contributed by atoms with Gasteiger partial charge in [-0.2, -0.15) is 5.26 Å². The Bertz CT molecular complexity index is 728. The molecule has 6 nitrogen and oxygen atoms in total. The van der Waals surface area contributed by atoms with Gasteiger partial charge in [0, 0.05) is 7.11 Å². The third-order valence-electron chi connectivity index (χ3n) is 3.68. The van der Waals surface area contributed by atoms with Crippen molar-refractivity contribution in [1.82, 2.24) is 0 Å². The van der Waals surface area contributed by atoms with Crippen molar-refractivity contribution in [2.24, 2.45) is 5.73 Å². The van der Waals surface area contributed by atoms with Crippen LogP contribution in [-0.4, -0.2) is 26.8 Å². The molecule has 1 aromatic carbocycles. The Morgan fingerprint density at radius 3 is 2.65 bits per heavy atom. The molecule has 2 N–H and O–H groups in total. The van der Waals surface area contributed by atoms with Crippen molar-refractivity contribution in [1.29, 1.82) is 5.26 Å². The Kier molecular flexibility index (Phi) is 5.04. The normalized spacial score (nSPS) is 17.6. The van der Waals surface area contributed by atoms with E-state index in [-0.39, 0.29) is 29.4 Å². The highest BCUT2D eigenvalue weighted by atomic mass is 16.5. The Morgan fingerprint density at radius 1 is 1.39 bits per heavy atom. The molecule has 0 saturated carbocycles.